The van der Waals surface area contributed by atoms with E-state index in [0.717, 1.165) is 12.8 Å². The maximum atomic E-state index is 2.59. The zero-order valence-corrected chi connectivity index (χ0v) is 29.5. The van der Waals surface area contributed by atoms with E-state index in [1.54, 1.807) is 20.0 Å². The van der Waals surface area contributed by atoms with Gasteiger partial charge in [-0.2, -0.15) is 0 Å². The van der Waals surface area contributed by atoms with Crippen LogP contribution in [0.3, 0.4) is 0 Å². The van der Waals surface area contributed by atoms with E-state index in [2.05, 4.69) is 111 Å². The van der Waals surface area contributed by atoms with Gasteiger partial charge in [0.05, 0.1) is 0 Å². The molecule has 0 fully saturated rings. The molecule has 0 amide bonds. The first kappa shape index (κ1) is 29.8. The van der Waals surface area contributed by atoms with Crippen molar-refractivity contribution in [3.8, 4) is 22.3 Å². The normalized spacial score (nSPS) is 15.4. The van der Waals surface area contributed by atoms with E-state index < -0.39 is 28.3 Å². The van der Waals surface area contributed by atoms with Gasteiger partial charge in [-0.05, 0) is 0 Å². The number of halogens is 2. The van der Waals surface area contributed by atoms with E-state index in [1.165, 1.54) is 73.7 Å². The summed E-state index contributed by atoms with van der Waals surface area (Å²) in [5.74, 6) is -0.233. The number of fused-ring (bicyclic) bond motifs is 4. The molecular weight excluding hydrogens is 647 g/mol. The molecule has 8 rings (SSSR count). The average Bonchev–Trinajstić information content (AvgIpc) is 3.67. The summed E-state index contributed by atoms with van der Waals surface area (Å²) < 4.78 is 1.77. The Morgan fingerprint density at radius 1 is 0.714 bits per heavy atom. The third kappa shape index (κ3) is 4.57. The van der Waals surface area contributed by atoms with E-state index in [4.69, 9.17) is 0 Å². The summed E-state index contributed by atoms with van der Waals surface area (Å²) in [5, 5.41) is 2.95. The maximum absolute atomic E-state index is 2.59. The summed E-state index contributed by atoms with van der Waals surface area (Å²) in [6, 6.07) is 33.1. The van der Waals surface area contributed by atoms with E-state index in [0.29, 0.717) is 5.92 Å². The second-order valence-corrected chi connectivity index (χ2v) is 26.7. The molecule has 5 aromatic rings. The monoisotopic (exact) mass is 678 g/mol. The fourth-order valence-electron chi connectivity index (χ4n) is 7.83. The van der Waals surface area contributed by atoms with Gasteiger partial charge in [-0.1, -0.05) is 0 Å². The average molecular weight is 681 g/mol. The largest absolute Gasteiger partial charge is 1.00 e. The number of aryl methyl sites for hydroxylation is 2. The molecule has 42 heavy (non-hydrogen) atoms. The van der Waals surface area contributed by atoms with Crippen molar-refractivity contribution in [2.24, 2.45) is 0 Å². The summed E-state index contributed by atoms with van der Waals surface area (Å²) in [7, 11) is 0. The first-order chi connectivity index (χ1) is 19.6. The van der Waals surface area contributed by atoms with Crippen molar-refractivity contribution in [3.05, 3.63) is 129 Å². The van der Waals surface area contributed by atoms with E-state index in [9.17, 15) is 0 Å². The third-order valence-electron chi connectivity index (χ3n) is 9.49. The summed E-state index contributed by atoms with van der Waals surface area (Å²) in [5.41, 5.74) is 18.3. The summed E-state index contributed by atoms with van der Waals surface area (Å²) in [6.07, 6.45) is 7.13. The Balaban J connectivity index is 0.00000158. The summed E-state index contributed by atoms with van der Waals surface area (Å²) in [6.45, 7) is 7.52. The minimum absolute atomic E-state index is 0. The van der Waals surface area contributed by atoms with Crippen LogP contribution >= 0.6 is 0 Å². The Hall–Kier alpha value is -2.22. The van der Waals surface area contributed by atoms with Crippen molar-refractivity contribution in [2.75, 3.05) is 0 Å². The SMILES string of the molecule is CCC1=Cc2c(-c3ccc4c5c(cccc35)CC4)cccc2C1c1[c]([Zr+2][SiH](C)C)ccc2c1Cc1ccccc1-2.[Cl-].[Cl-]. The molecule has 0 radical (unpaired) electrons. The molecule has 0 nitrogen and oxygen atoms in total. The van der Waals surface area contributed by atoms with Crippen LogP contribution in [-0.4, -0.2) is 5.92 Å². The van der Waals surface area contributed by atoms with Crippen LogP contribution in [0, 0.1) is 0 Å². The molecule has 0 N–H and O–H groups in total. The van der Waals surface area contributed by atoms with Crippen LogP contribution in [0.15, 0.2) is 90.5 Å². The van der Waals surface area contributed by atoms with Gasteiger partial charge in [-0.15, -0.1) is 0 Å². The standard InChI is InChI=1S/C36H27.C2H7Si.2ClH.Zr/c1-2-22-20-33-28(29-19-18-24-17-16-23-9-5-13-30(29)35(23)24)12-7-15-31(33)36(22)32-14-6-11-27-26-10-4-3-8-25(26)21-34(27)32;1-3-2;;;/h3-13,15,18-20,36H,2,16-17,21H2,1H3;3H,1-2H3;2*1H;/q;;;;+2/p-2. The second kappa shape index (κ2) is 11.7. The first-order valence-corrected chi connectivity index (χ1v) is 23.4. The molecule has 4 heteroatoms. The summed E-state index contributed by atoms with van der Waals surface area (Å²) >= 11 is -0.592. The zero-order valence-electron chi connectivity index (χ0n) is 24.4. The molecule has 208 valence electrons. The second-order valence-electron chi connectivity index (χ2n) is 12.1. The third-order valence-corrected chi connectivity index (χ3v) is 18.0. The molecule has 0 aliphatic heterocycles. The van der Waals surface area contributed by atoms with E-state index in [-0.39, 0.29) is 24.8 Å². The minimum atomic E-state index is -0.626. The van der Waals surface area contributed by atoms with Crippen molar-refractivity contribution in [1.29, 1.82) is 0 Å². The van der Waals surface area contributed by atoms with Crippen molar-refractivity contribution >= 4 is 26.0 Å². The molecule has 1 unspecified atom stereocenters. The van der Waals surface area contributed by atoms with Gasteiger partial charge in [-0.3, -0.25) is 0 Å². The van der Waals surface area contributed by atoms with Crippen LogP contribution in [-0.2, 0) is 41.7 Å². The van der Waals surface area contributed by atoms with Crippen LogP contribution in [0.1, 0.15) is 58.2 Å². The number of hydrogen-bond acceptors (Lipinski definition) is 0. The van der Waals surface area contributed by atoms with E-state index in [1.807, 2.05) is 0 Å². The van der Waals surface area contributed by atoms with Gasteiger partial charge >= 0.3 is 252 Å². The van der Waals surface area contributed by atoms with Crippen LogP contribution in [0.5, 0.6) is 0 Å². The number of benzene rings is 5. The number of allylic oxidation sites excluding steroid dienone is 1. The molecule has 0 spiro atoms. The quantitative estimate of drug-likeness (QED) is 0.246. The van der Waals surface area contributed by atoms with Crippen molar-refractivity contribution in [3.63, 3.8) is 0 Å². The Morgan fingerprint density at radius 2 is 1.43 bits per heavy atom. The molecule has 5 aromatic carbocycles. The topological polar surface area (TPSA) is 0 Å². The molecule has 0 aromatic heterocycles. The molecule has 0 heterocycles. The maximum Gasteiger partial charge on any atom is -1.00 e. The first-order valence-electron chi connectivity index (χ1n) is 15.0. The molecule has 3 aliphatic carbocycles. The van der Waals surface area contributed by atoms with Crippen LogP contribution in [0.25, 0.3) is 39.1 Å². The molecule has 1 atom stereocenters. The van der Waals surface area contributed by atoms with Gasteiger partial charge < -0.3 is 24.8 Å². The van der Waals surface area contributed by atoms with Gasteiger partial charge in [0, 0.05) is 0 Å². The minimum Gasteiger partial charge on any atom is -1.00 e. The Morgan fingerprint density at radius 3 is 2.24 bits per heavy atom. The predicted octanol–water partition coefficient (Wildman–Crippen LogP) is 2.81. The van der Waals surface area contributed by atoms with Gasteiger partial charge in [0.1, 0.15) is 0 Å². The van der Waals surface area contributed by atoms with Crippen LogP contribution in [0.2, 0.25) is 13.1 Å². The Bertz CT molecular complexity index is 1880. The molecule has 0 bridgehead atoms. The summed E-state index contributed by atoms with van der Waals surface area (Å²) in [4.78, 5) is 0. The van der Waals surface area contributed by atoms with Gasteiger partial charge in [0.2, 0.25) is 0 Å². The number of hydrogen-bond donors (Lipinski definition) is 0. The zero-order chi connectivity index (χ0) is 27.0. The van der Waals surface area contributed by atoms with Crippen LogP contribution < -0.4 is 28.1 Å². The Kier molecular flexibility index (Phi) is 8.31. The van der Waals surface area contributed by atoms with Gasteiger partial charge in [-0.25, -0.2) is 0 Å². The van der Waals surface area contributed by atoms with Crippen molar-refractivity contribution < 1.29 is 47.2 Å². The molecule has 0 saturated heterocycles. The Labute approximate surface area is 274 Å². The smallest absolute Gasteiger partial charge is 1.00 e. The predicted molar refractivity (Wildman–Crippen MR) is 170 cm³/mol. The fourth-order valence-corrected chi connectivity index (χ4v) is 16.1. The molecule has 3 aliphatic rings. The van der Waals surface area contributed by atoms with Crippen molar-refractivity contribution in [2.45, 2.75) is 51.6 Å². The molecular formula is C38H34Cl2SiZr. The number of rotatable bonds is 5. The van der Waals surface area contributed by atoms with Gasteiger partial charge in [0.15, 0.2) is 0 Å². The van der Waals surface area contributed by atoms with Crippen molar-refractivity contribution in [1.82, 2.24) is 0 Å². The fraction of sp³-hybridized carbons (Fsp3) is 0.211. The van der Waals surface area contributed by atoms with Gasteiger partial charge in [0.25, 0.3) is 0 Å². The van der Waals surface area contributed by atoms with Crippen LogP contribution in [0.4, 0.5) is 0 Å². The molecule has 0 saturated carbocycles. The van der Waals surface area contributed by atoms with E-state index >= 15 is 0 Å².